The van der Waals surface area contributed by atoms with Crippen LogP contribution in [0.3, 0.4) is 0 Å². The number of hydrogen-bond acceptors (Lipinski definition) is 2. The molecule has 0 bridgehead atoms. The molecule has 0 radical (unpaired) electrons. The van der Waals surface area contributed by atoms with Crippen LogP contribution < -0.4 is 0 Å². The average molecular weight is 343 g/mol. The summed E-state index contributed by atoms with van der Waals surface area (Å²) in [5.41, 5.74) is 2.27. The Labute approximate surface area is 146 Å². The summed E-state index contributed by atoms with van der Waals surface area (Å²) in [5, 5.41) is 0.459. The molecule has 124 valence electrons. The first-order valence-electron chi connectivity index (χ1n) is 7.96. The van der Waals surface area contributed by atoms with Gasteiger partial charge in [-0.05, 0) is 31.2 Å². The number of halogens is 1. The fraction of sp³-hybridized carbons (Fsp3) is 0.263. The maximum atomic E-state index is 12.6. The van der Waals surface area contributed by atoms with E-state index < -0.39 is 0 Å². The summed E-state index contributed by atoms with van der Waals surface area (Å²) in [6.45, 7) is 4.06. The Balaban J connectivity index is 1.65. The monoisotopic (exact) mass is 342 g/mol. The average Bonchev–Trinajstić information content (AvgIpc) is 2.61. The predicted molar refractivity (Wildman–Crippen MR) is 94.4 cm³/mol. The van der Waals surface area contributed by atoms with Gasteiger partial charge in [0.25, 0.3) is 11.8 Å². The summed E-state index contributed by atoms with van der Waals surface area (Å²) < 4.78 is 0. The Bertz CT molecular complexity index is 767. The van der Waals surface area contributed by atoms with Gasteiger partial charge in [-0.15, -0.1) is 0 Å². The molecule has 2 aromatic rings. The number of piperazine rings is 1. The van der Waals surface area contributed by atoms with Crippen LogP contribution in [0.25, 0.3) is 0 Å². The van der Waals surface area contributed by atoms with Crippen LogP contribution >= 0.6 is 11.6 Å². The highest BCUT2D eigenvalue weighted by Crippen LogP contribution is 2.18. The largest absolute Gasteiger partial charge is 0.335 e. The van der Waals surface area contributed by atoms with Crippen molar-refractivity contribution in [2.45, 2.75) is 6.92 Å². The van der Waals surface area contributed by atoms with E-state index in [1.165, 1.54) is 0 Å². The van der Waals surface area contributed by atoms with Crippen LogP contribution in [0, 0.1) is 6.92 Å². The molecular weight excluding hydrogens is 324 g/mol. The van der Waals surface area contributed by atoms with Gasteiger partial charge in [0.05, 0.1) is 10.6 Å². The zero-order valence-corrected chi connectivity index (χ0v) is 14.3. The lowest BCUT2D eigenvalue weighted by molar-refractivity contribution is 0.0535. The van der Waals surface area contributed by atoms with E-state index in [9.17, 15) is 9.59 Å². The van der Waals surface area contributed by atoms with E-state index in [0.29, 0.717) is 42.3 Å². The van der Waals surface area contributed by atoms with Gasteiger partial charge in [0.15, 0.2) is 0 Å². The second-order valence-corrected chi connectivity index (χ2v) is 6.34. The third kappa shape index (κ3) is 3.44. The first-order chi connectivity index (χ1) is 11.6. The van der Waals surface area contributed by atoms with Crippen LogP contribution in [0.15, 0.2) is 48.5 Å². The highest BCUT2D eigenvalue weighted by Gasteiger charge is 2.26. The van der Waals surface area contributed by atoms with Crippen molar-refractivity contribution in [3.05, 3.63) is 70.2 Å². The lowest BCUT2D eigenvalue weighted by Crippen LogP contribution is -2.50. The minimum absolute atomic E-state index is 0.0172. The number of hydrogen-bond donors (Lipinski definition) is 0. The molecule has 0 spiro atoms. The van der Waals surface area contributed by atoms with Crippen molar-refractivity contribution < 1.29 is 9.59 Å². The molecule has 0 unspecified atom stereocenters. The second-order valence-electron chi connectivity index (χ2n) is 5.93. The van der Waals surface area contributed by atoms with E-state index in [1.54, 1.807) is 34.1 Å². The number of nitrogens with zero attached hydrogens (tertiary/aromatic N) is 2. The topological polar surface area (TPSA) is 40.6 Å². The summed E-state index contributed by atoms with van der Waals surface area (Å²) >= 11 is 6.10. The van der Waals surface area contributed by atoms with Gasteiger partial charge < -0.3 is 9.80 Å². The molecule has 1 heterocycles. The number of carbonyl (C=O) groups excluding carboxylic acids is 2. The van der Waals surface area contributed by atoms with Gasteiger partial charge in [-0.3, -0.25) is 9.59 Å². The zero-order valence-electron chi connectivity index (χ0n) is 13.5. The quantitative estimate of drug-likeness (QED) is 0.840. The molecule has 0 saturated carbocycles. The highest BCUT2D eigenvalue weighted by atomic mass is 35.5. The third-order valence-electron chi connectivity index (χ3n) is 4.22. The Morgan fingerprint density at radius 2 is 1.50 bits per heavy atom. The van der Waals surface area contributed by atoms with Crippen LogP contribution in [0.1, 0.15) is 26.3 Å². The summed E-state index contributed by atoms with van der Waals surface area (Å²) in [7, 11) is 0. The summed E-state index contributed by atoms with van der Waals surface area (Å²) in [4.78, 5) is 28.7. The van der Waals surface area contributed by atoms with Crippen LogP contribution in [-0.2, 0) is 0 Å². The van der Waals surface area contributed by atoms with Gasteiger partial charge in [0, 0.05) is 31.7 Å². The molecule has 24 heavy (non-hydrogen) atoms. The second kappa shape index (κ2) is 7.05. The maximum absolute atomic E-state index is 12.6. The molecule has 0 N–H and O–H groups in total. The number of benzene rings is 2. The van der Waals surface area contributed by atoms with Crippen LogP contribution in [-0.4, -0.2) is 47.8 Å². The van der Waals surface area contributed by atoms with Crippen molar-refractivity contribution in [3.63, 3.8) is 0 Å². The van der Waals surface area contributed by atoms with Crippen LogP contribution in [0.4, 0.5) is 0 Å². The standard InChI is InChI=1S/C19H19ClN2O2/c1-14-5-4-6-15(13-14)18(23)21-9-11-22(12-10-21)19(24)16-7-2-3-8-17(16)20/h2-8,13H,9-12H2,1H3. The molecule has 2 amide bonds. The Hall–Kier alpha value is -2.33. The van der Waals surface area contributed by atoms with Crippen molar-refractivity contribution in [1.29, 1.82) is 0 Å². The summed E-state index contributed by atoms with van der Waals surface area (Å²) in [6.07, 6.45) is 0. The predicted octanol–water partition coefficient (Wildman–Crippen LogP) is 3.25. The van der Waals surface area contributed by atoms with Crippen LogP contribution in [0.5, 0.6) is 0 Å². The fourth-order valence-corrected chi connectivity index (χ4v) is 3.09. The normalized spacial score (nSPS) is 14.6. The van der Waals surface area contributed by atoms with E-state index >= 15 is 0 Å². The van der Waals surface area contributed by atoms with E-state index in [0.717, 1.165) is 5.56 Å². The molecular formula is C19H19ClN2O2. The maximum Gasteiger partial charge on any atom is 0.255 e. The first-order valence-corrected chi connectivity index (χ1v) is 8.34. The lowest BCUT2D eigenvalue weighted by atomic mass is 10.1. The molecule has 1 fully saturated rings. The summed E-state index contributed by atoms with van der Waals surface area (Å²) in [6, 6.07) is 14.6. The molecule has 0 atom stereocenters. The minimum atomic E-state index is -0.0803. The van der Waals surface area contributed by atoms with E-state index in [4.69, 9.17) is 11.6 Å². The zero-order chi connectivity index (χ0) is 17.1. The molecule has 5 heteroatoms. The van der Waals surface area contributed by atoms with Crippen molar-refractivity contribution in [2.75, 3.05) is 26.2 Å². The fourth-order valence-electron chi connectivity index (χ4n) is 2.88. The van der Waals surface area contributed by atoms with E-state index in [-0.39, 0.29) is 11.8 Å². The van der Waals surface area contributed by atoms with E-state index in [2.05, 4.69) is 0 Å². The number of rotatable bonds is 2. The Morgan fingerprint density at radius 1 is 0.875 bits per heavy atom. The van der Waals surface area contributed by atoms with Crippen molar-refractivity contribution in [3.8, 4) is 0 Å². The van der Waals surface area contributed by atoms with Gasteiger partial charge in [0.1, 0.15) is 0 Å². The Kier molecular flexibility index (Phi) is 4.86. The highest BCUT2D eigenvalue weighted by molar-refractivity contribution is 6.33. The number of aryl methyl sites for hydroxylation is 1. The van der Waals surface area contributed by atoms with Crippen molar-refractivity contribution >= 4 is 23.4 Å². The number of carbonyl (C=O) groups is 2. The molecule has 1 saturated heterocycles. The molecule has 0 aliphatic carbocycles. The minimum Gasteiger partial charge on any atom is -0.335 e. The van der Waals surface area contributed by atoms with Gasteiger partial charge in [-0.2, -0.15) is 0 Å². The SMILES string of the molecule is Cc1cccc(C(=O)N2CCN(C(=O)c3ccccc3Cl)CC2)c1. The van der Waals surface area contributed by atoms with E-state index in [1.807, 2.05) is 31.2 Å². The first kappa shape index (κ1) is 16.5. The lowest BCUT2D eigenvalue weighted by Gasteiger charge is -2.35. The molecule has 0 aromatic heterocycles. The molecule has 3 rings (SSSR count). The number of amides is 2. The smallest absolute Gasteiger partial charge is 0.255 e. The molecule has 1 aliphatic heterocycles. The van der Waals surface area contributed by atoms with Crippen LogP contribution in [0.2, 0.25) is 5.02 Å². The van der Waals surface area contributed by atoms with Gasteiger partial charge >= 0.3 is 0 Å². The summed E-state index contributed by atoms with van der Waals surface area (Å²) in [5.74, 6) is -0.0632. The van der Waals surface area contributed by atoms with Gasteiger partial charge in [-0.1, -0.05) is 41.4 Å². The molecule has 1 aliphatic rings. The Morgan fingerprint density at radius 3 is 2.12 bits per heavy atom. The van der Waals surface area contributed by atoms with Crippen molar-refractivity contribution in [1.82, 2.24) is 9.80 Å². The molecule has 2 aromatic carbocycles. The van der Waals surface area contributed by atoms with Crippen molar-refractivity contribution in [2.24, 2.45) is 0 Å². The molecule has 4 nitrogen and oxygen atoms in total. The third-order valence-corrected chi connectivity index (χ3v) is 4.55. The van der Waals surface area contributed by atoms with Gasteiger partial charge in [0.2, 0.25) is 0 Å². The van der Waals surface area contributed by atoms with Gasteiger partial charge in [-0.25, -0.2) is 0 Å².